The molecule has 1 aliphatic heterocycles. The molecule has 1 atom stereocenters. The van der Waals surface area contributed by atoms with Crippen molar-refractivity contribution in [1.82, 2.24) is 5.32 Å². The summed E-state index contributed by atoms with van der Waals surface area (Å²) in [5, 5.41) is 3.50. The molecule has 0 radical (unpaired) electrons. The first-order valence-corrected chi connectivity index (χ1v) is 6.36. The van der Waals surface area contributed by atoms with Gasteiger partial charge in [0, 0.05) is 6.54 Å². The number of hydrogen-bond donors (Lipinski definition) is 1. The zero-order valence-electron chi connectivity index (χ0n) is 9.72. The Morgan fingerprint density at radius 1 is 1.47 bits per heavy atom. The fourth-order valence-corrected chi connectivity index (χ4v) is 2.16. The maximum atomic E-state index is 13.2. The summed E-state index contributed by atoms with van der Waals surface area (Å²) in [5.41, 5.74) is 0.829. The second-order valence-corrected chi connectivity index (χ2v) is 4.88. The van der Waals surface area contributed by atoms with Gasteiger partial charge >= 0.3 is 0 Å². The minimum absolute atomic E-state index is 0.158. The molecule has 0 spiro atoms. The van der Waals surface area contributed by atoms with Crippen LogP contribution in [0.2, 0.25) is 5.02 Å². The van der Waals surface area contributed by atoms with E-state index in [1.807, 2.05) is 0 Å². The van der Waals surface area contributed by atoms with E-state index in [0.29, 0.717) is 12.5 Å². The van der Waals surface area contributed by atoms with Gasteiger partial charge in [0.15, 0.2) is 0 Å². The molecule has 0 aromatic heterocycles. The Kier molecular flexibility index (Phi) is 4.77. The van der Waals surface area contributed by atoms with Crippen molar-refractivity contribution < 1.29 is 9.13 Å². The van der Waals surface area contributed by atoms with Crippen LogP contribution in [0.4, 0.5) is 4.39 Å². The SMILES string of the molecule is Fc1cc(COCC2CCCNC2)ccc1Cl. The Hall–Kier alpha value is -0.640. The summed E-state index contributed by atoms with van der Waals surface area (Å²) < 4.78 is 18.8. The third kappa shape index (κ3) is 3.95. The van der Waals surface area contributed by atoms with Crippen molar-refractivity contribution in [3.05, 3.63) is 34.6 Å². The molecule has 2 nitrogen and oxygen atoms in total. The van der Waals surface area contributed by atoms with E-state index >= 15 is 0 Å². The molecular formula is C13H17ClFNO. The van der Waals surface area contributed by atoms with Gasteiger partial charge in [0.05, 0.1) is 18.2 Å². The Labute approximate surface area is 106 Å². The Bertz CT molecular complexity index is 366. The Morgan fingerprint density at radius 3 is 3.06 bits per heavy atom. The minimum atomic E-state index is -0.382. The van der Waals surface area contributed by atoms with Crippen LogP contribution in [0.25, 0.3) is 0 Å². The average molecular weight is 258 g/mol. The van der Waals surface area contributed by atoms with E-state index in [4.69, 9.17) is 16.3 Å². The summed E-state index contributed by atoms with van der Waals surface area (Å²) in [6.45, 7) is 3.32. The molecule has 0 amide bonds. The zero-order valence-corrected chi connectivity index (χ0v) is 10.5. The molecule has 0 aliphatic carbocycles. The van der Waals surface area contributed by atoms with E-state index in [1.165, 1.54) is 18.9 Å². The van der Waals surface area contributed by atoms with Crippen LogP contribution in [0.15, 0.2) is 18.2 Å². The topological polar surface area (TPSA) is 21.3 Å². The van der Waals surface area contributed by atoms with Gasteiger partial charge in [-0.25, -0.2) is 4.39 Å². The highest BCUT2D eigenvalue weighted by Crippen LogP contribution is 2.17. The van der Waals surface area contributed by atoms with Crippen molar-refractivity contribution in [2.45, 2.75) is 19.4 Å². The average Bonchev–Trinajstić information content (AvgIpc) is 2.35. The van der Waals surface area contributed by atoms with Crippen LogP contribution in [0, 0.1) is 11.7 Å². The van der Waals surface area contributed by atoms with Crippen LogP contribution in [0.1, 0.15) is 18.4 Å². The van der Waals surface area contributed by atoms with Crippen molar-refractivity contribution in [3.8, 4) is 0 Å². The van der Waals surface area contributed by atoms with Crippen molar-refractivity contribution >= 4 is 11.6 Å². The van der Waals surface area contributed by atoms with Crippen LogP contribution in [-0.4, -0.2) is 19.7 Å². The third-order valence-electron chi connectivity index (χ3n) is 3.01. The van der Waals surface area contributed by atoms with Gasteiger partial charge in [0.1, 0.15) is 5.82 Å². The number of benzene rings is 1. The molecule has 1 fully saturated rings. The molecule has 1 heterocycles. The number of hydrogen-bond acceptors (Lipinski definition) is 2. The lowest BCUT2D eigenvalue weighted by Gasteiger charge is -2.22. The van der Waals surface area contributed by atoms with Crippen molar-refractivity contribution in [2.75, 3.05) is 19.7 Å². The molecule has 1 saturated heterocycles. The van der Waals surface area contributed by atoms with E-state index in [-0.39, 0.29) is 10.8 Å². The number of piperidine rings is 1. The second kappa shape index (κ2) is 6.34. The molecule has 1 unspecified atom stereocenters. The van der Waals surface area contributed by atoms with Crippen LogP contribution in [0.5, 0.6) is 0 Å². The molecule has 1 N–H and O–H groups in total. The zero-order chi connectivity index (χ0) is 12.1. The highest BCUT2D eigenvalue weighted by molar-refractivity contribution is 6.30. The first kappa shape index (κ1) is 12.8. The van der Waals surface area contributed by atoms with Gasteiger partial charge in [-0.1, -0.05) is 17.7 Å². The molecule has 1 aromatic carbocycles. The minimum Gasteiger partial charge on any atom is -0.376 e. The monoisotopic (exact) mass is 257 g/mol. The number of ether oxygens (including phenoxy) is 1. The van der Waals surface area contributed by atoms with Gasteiger partial charge in [0.2, 0.25) is 0 Å². The van der Waals surface area contributed by atoms with Gasteiger partial charge in [-0.05, 0) is 43.0 Å². The largest absolute Gasteiger partial charge is 0.376 e. The van der Waals surface area contributed by atoms with Crippen molar-refractivity contribution in [1.29, 1.82) is 0 Å². The lowest BCUT2D eigenvalue weighted by Crippen LogP contribution is -2.32. The van der Waals surface area contributed by atoms with Crippen LogP contribution in [0.3, 0.4) is 0 Å². The normalized spacial score (nSPS) is 20.5. The van der Waals surface area contributed by atoms with E-state index in [2.05, 4.69) is 5.32 Å². The molecular weight excluding hydrogens is 241 g/mol. The maximum Gasteiger partial charge on any atom is 0.142 e. The predicted molar refractivity (Wildman–Crippen MR) is 66.7 cm³/mol. The summed E-state index contributed by atoms with van der Waals surface area (Å²) in [6, 6.07) is 4.80. The first-order valence-electron chi connectivity index (χ1n) is 5.98. The van der Waals surface area contributed by atoms with Gasteiger partial charge in [0.25, 0.3) is 0 Å². The molecule has 0 bridgehead atoms. The van der Waals surface area contributed by atoms with Gasteiger partial charge in [-0.15, -0.1) is 0 Å². The fraction of sp³-hybridized carbons (Fsp3) is 0.538. The maximum absolute atomic E-state index is 13.2. The molecule has 94 valence electrons. The van der Waals surface area contributed by atoms with Gasteiger partial charge < -0.3 is 10.1 Å². The second-order valence-electron chi connectivity index (χ2n) is 4.48. The van der Waals surface area contributed by atoms with E-state index in [9.17, 15) is 4.39 Å². The summed E-state index contributed by atoms with van der Waals surface area (Å²) in [6.07, 6.45) is 2.42. The van der Waals surface area contributed by atoms with E-state index in [0.717, 1.165) is 25.3 Å². The quantitative estimate of drug-likeness (QED) is 0.895. The van der Waals surface area contributed by atoms with Crippen LogP contribution >= 0.6 is 11.6 Å². The van der Waals surface area contributed by atoms with Crippen LogP contribution < -0.4 is 5.32 Å². The lowest BCUT2D eigenvalue weighted by atomic mass is 10.0. The Balaban J connectivity index is 1.75. The third-order valence-corrected chi connectivity index (χ3v) is 3.31. The number of halogens is 2. The summed E-state index contributed by atoms with van der Waals surface area (Å²) in [7, 11) is 0. The molecule has 4 heteroatoms. The molecule has 1 aromatic rings. The highest BCUT2D eigenvalue weighted by Gasteiger charge is 2.12. The summed E-state index contributed by atoms with van der Waals surface area (Å²) in [4.78, 5) is 0. The number of rotatable bonds is 4. The highest BCUT2D eigenvalue weighted by atomic mass is 35.5. The van der Waals surface area contributed by atoms with Crippen molar-refractivity contribution in [2.24, 2.45) is 5.92 Å². The smallest absolute Gasteiger partial charge is 0.142 e. The summed E-state index contributed by atoms with van der Waals surface area (Å²) in [5.74, 6) is 0.202. The molecule has 2 rings (SSSR count). The van der Waals surface area contributed by atoms with Crippen molar-refractivity contribution in [3.63, 3.8) is 0 Å². The molecule has 17 heavy (non-hydrogen) atoms. The number of nitrogens with one attached hydrogen (secondary N) is 1. The molecule has 0 saturated carbocycles. The van der Waals surface area contributed by atoms with Crippen LogP contribution in [-0.2, 0) is 11.3 Å². The van der Waals surface area contributed by atoms with E-state index in [1.54, 1.807) is 12.1 Å². The lowest BCUT2D eigenvalue weighted by molar-refractivity contribution is 0.0781. The van der Waals surface area contributed by atoms with Gasteiger partial charge in [-0.2, -0.15) is 0 Å². The predicted octanol–water partition coefficient (Wildman–Crippen LogP) is 3.00. The standard InChI is InChI=1S/C13H17ClFNO/c14-12-4-3-10(6-13(12)15)8-17-9-11-2-1-5-16-7-11/h3-4,6,11,16H,1-2,5,7-9H2. The first-order chi connectivity index (χ1) is 8.25. The van der Waals surface area contributed by atoms with Gasteiger partial charge in [-0.3, -0.25) is 0 Å². The molecule has 1 aliphatic rings. The fourth-order valence-electron chi connectivity index (χ4n) is 2.04. The summed E-state index contributed by atoms with van der Waals surface area (Å²) >= 11 is 5.61. The Morgan fingerprint density at radius 2 is 2.35 bits per heavy atom. The van der Waals surface area contributed by atoms with E-state index < -0.39 is 0 Å².